The van der Waals surface area contributed by atoms with Crippen LogP contribution in [0.2, 0.25) is 5.02 Å². The molecule has 0 unspecified atom stereocenters. The first-order chi connectivity index (χ1) is 9.70. The fourth-order valence-electron chi connectivity index (χ4n) is 1.77. The monoisotopic (exact) mass is 290 g/mol. The van der Waals surface area contributed by atoms with Gasteiger partial charge in [0.2, 0.25) is 0 Å². The number of hydrogen-bond donors (Lipinski definition) is 0. The van der Waals surface area contributed by atoms with Crippen LogP contribution in [-0.4, -0.2) is 12.6 Å². The largest absolute Gasteiger partial charge is 0.489 e. The van der Waals surface area contributed by atoms with Crippen molar-refractivity contribution in [3.05, 3.63) is 64.7 Å². The number of halogens is 1. The number of hydrogen-bond acceptors (Lipinski definition) is 3. The molecule has 0 aliphatic rings. The highest BCUT2D eigenvalue weighted by Crippen LogP contribution is 2.19. The maximum atomic E-state index is 11.9. The van der Waals surface area contributed by atoms with Crippen LogP contribution in [-0.2, 0) is 11.3 Å². The van der Waals surface area contributed by atoms with Gasteiger partial charge in [0.1, 0.15) is 12.4 Å². The topological polar surface area (TPSA) is 35.5 Å². The summed E-state index contributed by atoms with van der Waals surface area (Å²) in [7, 11) is 0. The zero-order valence-electron chi connectivity index (χ0n) is 11.1. The van der Waals surface area contributed by atoms with Gasteiger partial charge in [0, 0.05) is 10.6 Å². The highest BCUT2D eigenvalue weighted by molar-refractivity contribution is 6.30. The van der Waals surface area contributed by atoms with E-state index in [1.54, 1.807) is 25.1 Å². The summed E-state index contributed by atoms with van der Waals surface area (Å²) in [5.41, 5.74) is 1.19. The van der Waals surface area contributed by atoms with Crippen LogP contribution >= 0.6 is 11.6 Å². The summed E-state index contributed by atoms with van der Waals surface area (Å²) in [5.74, 6) is 0.373. The van der Waals surface area contributed by atoms with Crippen molar-refractivity contribution in [1.29, 1.82) is 0 Å². The smallest absolute Gasteiger partial charge is 0.338 e. The first-order valence-electron chi connectivity index (χ1n) is 6.34. The van der Waals surface area contributed by atoms with Gasteiger partial charge in [0.05, 0.1) is 12.2 Å². The Morgan fingerprint density at radius 1 is 1.15 bits per heavy atom. The Kier molecular flexibility index (Phi) is 5.02. The average molecular weight is 291 g/mol. The highest BCUT2D eigenvalue weighted by atomic mass is 35.5. The molecule has 0 aliphatic carbocycles. The molecule has 2 rings (SSSR count). The minimum atomic E-state index is -0.365. The van der Waals surface area contributed by atoms with Gasteiger partial charge in [0.15, 0.2) is 0 Å². The third kappa shape index (κ3) is 3.75. The van der Waals surface area contributed by atoms with E-state index in [1.165, 1.54) is 0 Å². The van der Waals surface area contributed by atoms with Crippen molar-refractivity contribution in [2.75, 3.05) is 6.61 Å². The molecule has 0 radical (unpaired) electrons. The van der Waals surface area contributed by atoms with E-state index in [-0.39, 0.29) is 12.6 Å². The zero-order chi connectivity index (χ0) is 14.4. The average Bonchev–Trinajstić information content (AvgIpc) is 2.46. The maximum Gasteiger partial charge on any atom is 0.338 e. The number of esters is 1. The second-order valence-corrected chi connectivity index (χ2v) is 4.56. The fraction of sp³-hybridized carbons (Fsp3) is 0.188. The van der Waals surface area contributed by atoms with E-state index in [9.17, 15) is 4.79 Å². The van der Waals surface area contributed by atoms with Gasteiger partial charge in [-0.25, -0.2) is 4.79 Å². The number of benzene rings is 2. The molecule has 2 aromatic rings. The molecule has 4 heteroatoms. The molecule has 0 heterocycles. The first kappa shape index (κ1) is 14.4. The summed E-state index contributed by atoms with van der Waals surface area (Å²) in [5, 5.41) is 0.560. The van der Waals surface area contributed by atoms with Crippen molar-refractivity contribution >= 4 is 17.6 Å². The molecule has 0 saturated carbocycles. The van der Waals surface area contributed by atoms with Gasteiger partial charge in [-0.05, 0) is 37.3 Å². The summed E-state index contributed by atoms with van der Waals surface area (Å²) < 4.78 is 10.7. The molecule has 20 heavy (non-hydrogen) atoms. The molecular weight excluding hydrogens is 276 g/mol. The Balaban J connectivity index is 2.17. The second kappa shape index (κ2) is 6.96. The lowest BCUT2D eigenvalue weighted by atomic mass is 10.1. The standard InChI is InChI=1S/C16H15ClO3/c1-2-19-16(18)15-9-8-13(17)10-12(15)11-20-14-6-4-3-5-7-14/h3-10H,2,11H2,1H3. The van der Waals surface area contributed by atoms with Gasteiger partial charge in [-0.3, -0.25) is 0 Å². The lowest BCUT2D eigenvalue weighted by molar-refractivity contribution is 0.0523. The van der Waals surface area contributed by atoms with E-state index < -0.39 is 0 Å². The predicted octanol–water partition coefficient (Wildman–Crippen LogP) is 4.10. The van der Waals surface area contributed by atoms with Crippen LogP contribution in [0.4, 0.5) is 0 Å². The van der Waals surface area contributed by atoms with Gasteiger partial charge < -0.3 is 9.47 Å². The van der Waals surface area contributed by atoms with E-state index in [0.29, 0.717) is 22.8 Å². The van der Waals surface area contributed by atoms with Crippen molar-refractivity contribution in [1.82, 2.24) is 0 Å². The molecule has 0 spiro atoms. The Labute approximate surface area is 123 Å². The van der Waals surface area contributed by atoms with Crippen molar-refractivity contribution in [2.24, 2.45) is 0 Å². The van der Waals surface area contributed by atoms with E-state index in [1.807, 2.05) is 30.3 Å². The summed E-state index contributed by atoms with van der Waals surface area (Å²) in [4.78, 5) is 11.9. The lowest BCUT2D eigenvalue weighted by Crippen LogP contribution is -2.10. The van der Waals surface area contributed by atoms with Crippen LogP contribution < -0.4 is 4.74 Å². The quantitative estimate of drug-likeness (QED) is 0.778. The Morgan fingerprint density at radius 2 is 1.90 bits per heavy atom. The predicted molar refractivity (Wildman–Crippen MR) is 78.2 cm³/mol. The Morgan fingerprint density at radius 3 is 2.60 bits per heavy atom. The number of para-hydroxylation sites is 1. The van der Waals surface area contributed by atoms with Crippen LogP contribution in [0, 0.1) is 0 Å². The van der Waals surface area contributed by atoms with Gasteiger partial charge in [-0.1, -0.05) is 29.8 Å². The summed E-state index contributed by atoms with van der Waals surface area (Å²) in [6, 6.07) is 14.4. The fourth-order valence-corrected chi connectivity index (χ4v) is 1.96. The third-order valence-corrected chi connectivity index (χ3v) is 2.94. The summed E-state index contributed by atoms with van der Waals surface area (Å²) in [6.45, 7) is 2.37. The van der Waals surface area contributed by atoms with Crippen molar-refractivity contribution in [2.45, 2.75) is 13.5 Å². The van der Waals surface area contributed by atoms with Crippen LogP contribution in [0.15, 0.2) is 48.5 Å². The molecular formula is C16H15ClO3. The van der Waals surface area contributed by atoms with Gasteiger partial charge in [-0.15, -0.1) is 0 Å². The molecule has 0 aromatic heterocycles. The number of rotatable bonds is 5. The van der Waals surface area contributed by atoms with Gasteiger partial charge in [0.25, 0.3) is 0 Å². The molecule has 3 nitrogen and oxygen atoms in total. The molecule has 0 atom stereocenters. The molecule has 104 valence electrons. The van der Waals surface area contributed by atoms with Gasteiger partial charge >= 0.3 is 5.97 Å². The van der Waals surface area contributed by atoms with Crippen LogP contribution in [0.25, 0.3) is 0 Å². The molecule has 0 aliphatic heterocycles. The summed E-state index contributed by atoms with van der Waals surface area (Å²) in [6.07, 6.45) is 0. The minimum Gasteiger partial charge on any atom is -0.489 e. The van der Waals surface area contributed by atoms with E-state index >= 15 is 0 Å². The van der Waals surface area contributed by atoms with Crippen molar-refractivity contribution in [3.8, 4) is 5.75 Å². The van der Waals surface area contributed by atoms with Crippen LogP contribution in [0.1, 0.15) is 22.8 Å². The number of carbonyl (C=O) groups excluding carboxylic acids is 1. The second-order valence-electron chi connectivity index (χ2n) is 4.12. The van der Waals surface area contributed by atoms with Crippen molar-refractivity contribution in [3.63, 3.8) is 0 Å². The number of ether oxygens (including phenoxy) is 2. The SMILES string of the molecule is CCOC(=O)c1ccc(Cl)cc1COc1ccccc1. The first-order valence-corrected chi connectivity index (χ1v) is 6.72. The minimum absolute atomic E-state index is 0.263. The normalized spacial score (nSPS) is 10.1. The lowest BCUT2D eigenvalue weighted by Gasteiger charge is -2.11. The highest BCUT2D eigenvalue weighted by Gasteiger charge is 2.13. The van der Waals surface area contributed by atoms with E-state index in [0.717, 1.165) is 5.75 Å². The molecule has 0 N–H and O–H groups in total. The third-order valence-electron chi connectivity index (χ3n) is 2.70. The zero-order valence-corrected chi connectivity index (χ0v) is 11.9. The Bertz CT molecular complexity index is 582. The maximum absolute atomic E-state index is 11.9. The van der Waals surface area contributed by atoms with Crippen LogP contribution in [0.5, 0.6) is 5.75 Å². The Hall–Kier alpha value is -2.00. The van der Waals surface area contributed by atoms with E-state index in [4.69, 9.17) is 21.1 Å². The van der Waals surface area contributed by atoms with Crippen LogP contribution in [0.3, 0.4) is 0 Å². The molecule has 0 bridgehead atoms. The van der Waals surface area contributed by atoms with E-state index in [2.05, 4.69) is 0 Å². The number of carbonyl (C=O) groups is 1. The molecule has 0 saturated heterocycles. The van der Waals surface area contributed by atoms with Crippen molar-refractivity contribution < 1.29 is 14.3 Å². The van der Waals surface area contributed by atoms with Gasteiger partial charge in [-0.2, -0.15) is 0 Å². The molecule has 2 aromatic carbocycles. The summed E-state index contributed by atoms with van der Waals surface area (Å²) >= 11 is 5.97. The molecule has 0 amide bonds. The molecule has 0 fully saturated rings.